The molecule has 0 aliphatic carbocycles. The normalized spacial score (nSPS) is 12.4. The fourth-order valence-electron chi connectivity index (χ4n) is 1.98. The molecule has 2 rings (SSSR count). The third-order valence-corrected chi connectivity index (χ3v) is 4.19. The second-order valence-corrected chi connectivity index (χ2v) is 6.67. The molecule has 1 atom stereocenters. The Hall–Kier alpha value is -0.420. The van der Waals surface area contributed by atoms with Gasteiger partial charge in [-0.1, -0.05) is 30.7 Å². The molecule has 2 nitrogen and oxygen atoms in total. The summed E-state index contributed by atoms with van der Waals surface area (Å²) in [5, 5.41) is 4.26. The number of pyridine rings is 1. The first-order valence-corrected chi connectivity index (χ1v) is 8.38. The van der Waals surface area contributed by atoms with E-state index in [0.29, 0.717) is 0 Å². The SMILES string of the molecule is CCCNC(c1cccc(Cl)c1)c1ncc(Br)cc1Br. The van der Waals surface area contributed by atoms with Gasteiger partial charge in [-0.3, -0.25) is 4.98 Å². The van der Waals surface area contributed by atoms with Crippen molar-refractivity contribution in [3.05, 3.63) is 61.8 Å². The second kappa shape index (κ2) is 7.55. The maximum atomic E-state index is 6.11. The van der Waals surface area contributed by atoms with E-state index in [2.05, 4.69) is 55.2 Å². The summed E-state index contributed by atoms with van der Waals surface area (Å²) in [4.78, 5) is 4.54. The molecule has 1 aromatic heterocycles. The van der Waals surface area contributed by atoms with Crippen molar-refractivity contribution in [2.45, 2.75) is 19.4 Å². The summed E-state index contributed by atoms with van der Waals surface area (Å²) in [7, 11) is 0. The van der Waals surface area contributed by atoms with E-state index in [1.165, 1.54) is 0 Å². The van der Waals surface area contributed by atoms with Crippen LogP contribution in [0, 0.1) is 0 Å². The molecule has 1 heterocycles. The zero-order chi connectivity index (χ0) is 14.5. The molecule has 0 saturated carbocycles. The summed E-state index contributed by atoms with van der Waals surface area (Å²) in [6, 6.07) is 9.92. The molecule has 1 aromatic carbocycles. The van der Waals surface area contributed by atoms with Crippen molar-refractivity contribution in [2.75, 3.05) is 6.54 Å². The Kier molecular flexibility index (Phi) is 6.02. The highest BCUT2D eigenvalue weighted by Crippen LogP contribution is 2.30. The number of aromatic nitrogens is 1. The topological polar surface area (TPSA) is 24.9 Å². The molecule has 0 bridgehead atoms. The van der Waals surface area contributed by atoms with Crippen LogP contribution in [0.1, 0.15) is 30.6 Å². The van der Waals surface area contributed by atoms with Gasteiger partial charge >= 0.3 is 0 Å². The molecule has 0 fully saturated rings. The molecule has 0 saturated heterocycles. The van der Waals surface area contributed by atoms with Crippen molar-refractivity contribution < 1.29 is 0 Å². The van der Waals surface area contributed by atoms with Crippen LogP contribution < -0.4 is 5.32 Å². The van der Waals surface area contributed by atoms with Crippen LogP contribution in [0.2, 0.25) is 5.02 Å². The van der Waals surface area contributed by atoms with Crippen molar-refractivity contribution >= 4 is 43.5 Å². The Labute approximate surface area is 141 Å². The van der Waals surface area contributed by atoms with E-state index in [0.717, 1.165) is 38.2 Å². The van der Waals surface area contributed by atoms with Crippen molar-refractivity contribution in [3.63, 3.8) is 0 Å². The first-order valence-electron chi connectivity index (χ1n) is 6.41. The Balaban J connectivity index is 2.41. The third-order valence-electron chi connectivity index (χ3n) is 2.89. The van der Waals surface area contributed by atoms with E-state index in [4.69, 9.17) is 11.6 Å². The predicted octanol–water partition coefficient (Wildman–Crippen LogP) is 5.35. The van der Waals surface area contributed by atoms with Gasteiger partial charge in [-0.15, -0.1) is 0 Å². The molecule has 2 aromatic rings. The van der Waals surface area contributed by atoms with Gasteiger partial charge < -0.3 is 5.32 Å². The lowest BCUT2D eigenvalue weighted by Gasteiger charge is -2.20. The van der Waals surface area contributed by atoms with Crippen LogP contribution >= 0.6 is 43.5 Å². The highest BCUT2D eigenvalue weighted by atomic mass is 79.9. The van der Waals surface area contributed by atoms with E-state index >= 15 is 0 Å². The minimum Gasteiger partial charge on any atom is -0.305 e. The molecule has 0 aliphatic heterocycles. The monoisotopic (exact) mass is 416 g/mol. The quantitative estimate of drug-likeness (QED) is 0.708. The lowest BCUT2D eigenvalue weighted by Crippen LogP contribution is -2.24. The van der Waals surface area contributed by atoms with Crippen LogP contribution in [0.25, 0.3) is 0 Å². The lowest BCUT2D eigenvalue weighted by atomic mass is 10.0. The fourth-order valence-corrected chi connectivity index (χ4v) is 3.40. The molecular formula is C15H15Br2ClN2. The highest BCUT2D eigenvalue weighted by molar-refractivity contribution is 9.11. The zero-order valence-corrected chi connectivity index (χ0v) is 15.0. The molecule has 0 amide bonds. The van der Waals surface area contributed by atoms with Gasteiger partial charge in [0.05, 0.1) is 11.7 Å². The van der Waals surface area contributed by atoms with E-state index in [1.807, 2.05) is 30.5 Å². The smallest absolute Gasteiger partial charge is 0.0763 e. The number of hydrogen-bond acceptors (Lipinski definition) is 2. The molecule has 1 N–H and O–H groups in total. The van der Waals surface area contributed by atoms with Crippen LogP contribution in [0.3, 0.4) is 0 Å². The molecule has 5 heteroatoms. The van der Waals surface area contributed by atoms with Gasteiger partial charge in [-0.25, -0.2) is 0 Å². The van der Waals surface area contributed by atoms with Crippen LogP contribution in [0.15, 0.2) is 45.5 Å². The standard InChI is InChI=1S/C15H15Br2ClN2/c1-2-6-19-14(10-4-3-5-12(18)7-10)15-13(17)8-11(16)9-20-15/h3-5,7-9,14,19H,2,6H2,1H3. The van der Waals surface area contributed by atoms with Crippen LogP contribution in [-0.4, -0.2) is 11.5 Å². The molecule has 20 heavy (non-hydrogen) atoms. The third kappa shape index (κ3) is 4.04. The lowest BCUT2D eigenvalue weighted by molar-refractivity contribution is 0.584. The second-order valence-electron chi connectivity index (χ2n) is 4.46. The predicted molar refractivity (Wildman–Crippen MR) is 91.2 cm³/mol. The maximum absolute atomic E-state index is 6.11. The number of benzene rings is 1. The van der Waals surface area contributed by atoms with Gasteiger partial charge in [0.1, 0.15) is 0 Å². The van der Waals surface area contributed by atoms with E-state index in [-0.39, 0.29) is 6.04 Å². The van der Waals surface area contributed by atoms with E-state index in [9.17, 15) is 0 Å². The molecule has 0 aliphatic rings. The molecule has 0 radical (unpaired) electrons. The summed E-state index contributed by atoms with van der Waals surface area (Å²) < 4.78 is 1.92. The zero-order valence-electron chi connectivity index (χ0n) is 11.0. The minimum absolute atomic E-state index is 0.0242. The summed E-state index contributed by atoms with van der Waals surface area (Å²) >= 11 is 13.1. The van der Waals surface area contributed by atoms with Gasteiger partial charge in [-0.05, 0) is 68.6 Å². The largest absolute Gasteiger partial charge is 0.305 e. The first kappa shape index (κ1) is 16.0. The molecule has 0 spiro atoms. The molecule has 1 unspecified atom stereocenters. The van der Waals surface area contributed by atoms with Gasteiger partial charge in [0.15, 0.2) is 0 Å². The average molecular weight is 419 g/mol. The number of rotatable bonds is 5. The number of nitrogens with zero attached hydrogens (tertiary/aromatic N) is 1. The summed E-state index contributed by atoms with van der Waals surface area (Å²) in [6.45, 7) is 3.06. The highest BCUT2D eigenvalue weighted by Gasteiger charge is 2.18. The fraction of sp³-hybridized carbons (Fsp3) is 0.267. The van der Waals surface area contributed by atoms with Gasteiger partial charge in [0, 0.05) is 20.2 Å². The molecule has 106 valence electrons. The van der Waals surface area contributed by atoms with Gasteiger partial charge in [0.25, 0.3) is 0 Å². The van der Waals surface area contributed by atoms with Crippen LogP contribution in [-0.2, 0) is 0 Å². The summed E-state index contributed by atoms with van der Waals surface area (Å²) in [5.41, 5.74) is 2.07. The Morgan fingerprint density at radius 1 is 1.30 bits per heavy atom. The minimum atomic E-state index is 0.0242. The first-order chi connectivity index (χ1) is 9.61. The van der Waals surface area contributed by atoms with E-state index in [1.54, 1.807) is 0 Å². The summed E-state index contributed by atoms with van der Waals surface area (Å²) in [6.07, 6.45) is 2.87. The Morgan fingerprint density at radius 3 is 2.75 bits per heavy atom. The van der Waals surface area contributed by atoms with Gasteiger partial charge in [-0.2, -0.15) is 0 Å². The van der Waals surface area contributed by atoms with Gasteiger partial charge in [0.2, 0.25) is 0 Å². The number of halogens is 3. The van der Waals surface area contributed by atoms with Crippen LogP contribution in [0.5, 0.6) is 0 Å². The van der Waals surface area contributed by atoms with Crippen LogP contribution in [0.4, 0.5) is 0 Å². The number of hydrogen-bond donors (Lipinski definition) is 1. The maximum Gasteiger partial charge on any atom is 0.0763 e. The summed E-state index contributed by atoms with van der Waals surface area (Å²) in [5.74, 6) is 0. The van der Waals surface area contributed by atoms with Crippen molar-refractivity contribution in [1.82, 2.24) is 10.3 Å². The Bertz CT molecular complexity index is 590. The Morgan fingerprint density at radius 2 is 2.10 bits per heavy atom. The van der Waals surface area contributed by atoms with Crippen molar-refractivity contribution in [2.24, 2.45) is 0 Å². The average Bonchev–Trinajstić information content (AvgIpc) is 2.41. The van der Waals surface area contributed by atoms with Crippen molar-refractivity contribution in [3.8, 4) is 0 Å². The van der Waals surface area contributed by atoms with E-state index < -0.39 is 0 Å². The molecular weight excluding hydrogens is 403 g/mol. The number of nitrogens with one attached hydrogen (secondary N) is 1. The van der Waals surface area contributed by atoms with Crippen molar-refractivity contribution in [1.29, 1.82) is 0 Å².